The van der Waals surface area contributed by atoms with E-state index in [1.54, 1.807) is 12.4 Å². The van der Waals surface area contributed by atoms with Crippen LogP contribution in [0.1, 0.15) is 28.5 Å². The second-order valence-corrected chi connectivity index (χ2v) is 6.29. The highest BCUT2D eigenvalue weighted by Gasteiger charge is 2.35. The molecule has 4 rings (SSSR count). The van der Waals surface area contributed by atoms with Gasteiger partial charge in [0.1, 0.15) is 5.69 Å². The predicted molar refractivity (Wildman–Crippen MR) is 91.9 cm³/mol. The minimum absolute atomic E-state index is 0.0635. The molecule has 1 atom stereocenters. The van der Waals surface area contributed by atoms with Crippen molar-refractivity contribution in [1.29, 1.82) is 0 Å². The molecule has 0 saturated carbocycles. The Labute approximate surface area is 135 Å². The maximum absolute atomic E-state index is 13.2. The van der Waals surface area contributed by atoms with Crippen LogP contribution in [-0.2, 0) is 13.5 Å². The Morgan fingerprint density at radius 3 is 2.78 bits per heavy atom. The molecule has 4 heteroatoms. The fourth-order valence-corrected chi connectivity index (χ4v) is 3.71. The number of para-hydroxylation sites is 1. The summed E-state index contributed by atoms with van der Waals surface area (Å²) in [6.45, 7) is 4.13. The highest BCUT2D eigenvalue weighted by molar-refractivity contribution is 6.11. The van der Waals surface area contributed by atoms with Crippen molar-refractivity contribution in [3.8, 4) is 0 Å². The topological polar surface area (TPSA) is 38.1 Å². The van der Waals surface area contributed by atoms with E-state index in [1.807, 2.05) is 41.6 Å². The summed E-state index contributed by atoms with van der Waals surface area (Å²) < 4.78 is 2.03. The molecule has 0 fully saturated rings. The number of amides is 1. The quantitative estimate of drug-likeness (QED) is 0.690. The lowest BCUT2D eigenvalue weighted by Crippen LogP contribution is -2.45. The van der Waals surface area contributed by atoms with Crippen LogP contribution in [0.2, 0.25) is 0 Å². The van der Waals surface area contributed by atoms with Crippen molar-refractivity contribution >= 4 is 22.5 Å². The maximum atomic E-state index is 13.2. The normalized spacial score (nSPS) is 17.6. The molecule has 2 aromatic heterocycles. The molecule has 0 bridgehead atoms. The van der Waals surface area contributed by atoms with Gasteiger partial charge >= 0.3 is 0 Å². The van der Waals surface area contributed by atoms with Crippen LogP contribution < -0.4 is 4.90 Å². The highest BCUT2D eigenvalue weighted by Crippen LogP contribution is 2.35. The van der Waals surface area contributed by atoms with Crippen LogP contribution in [0.25, 0.3) is 10.9 Å². The van der Waals surface area contributed by atoms with Crippen LogP contribution >= 0.6 is 0 Å². The molecule has 116 valence electrons. The lowest BCUT2D eigenvalue weighted by Gasteiger charge is -2.34. The number of nitrogens with zero attached hydrogens (tertiary/aromatic N) is 3. The van der Waals surface area contributed by atoms with Gasteiger partial charge < -0.3 is 9.47 Å². The average Bonchev–Trinajstić information content (AvgIpc) is 2.83. The van der Waals surface area contributed by atoms with E-state index in [4.69, 9.17) is 0 Å². The van der Waals surface area contributed by atoms with E-state index in [1.165, 1.54) is 10.9 Å². The Hall–Kier alpha value is -2.62. The van der Waals surface area contributed by atoms with Crippen LogP contribution in [0.5, 0.6) is 0 Å². The van der Waals surface area contributed by atoms with Crippen molar-refractivity contribution in [1.82, 2.24) is 9.55 Å². The van der Waals surface area contributed by atoms with E-state index in [2.05, 4.69) is 24.0 Å². The van der Waals surface area contributed by atoms with Crippen LogP contribution in [-0.4, -0.2) is 21.5 Å². The van der Waals surface area contributed by atoms with E-state index in [9.17, 15) is 4.79 Å². The Morgan fingerprint density at radius 2 is 2.00 bits per heavy atom. The zero-order valence-corrected chi connectivity index (χ0v) is 13.6. The van der Waals surface area contributed by atoms with E-state index >= 15 is 0 Å². The van der Waals surface area contributed by atoms with E-state index < -0.39 is 0 Å². The lowest BCUT2D eigenvalue weighted by molar-refractivity contribution is 0.0962. The largest absolute Gasteiger partial charge is 0.339 e. The van der Waals surface area contributed by atoms with Gasteiger partial charge in [0.05, 0.1) is 11.9 Å². The number of aryl methyl sites for hydroxylation is 2. The molecular formula is C19H19N3O. The molecule has 0 saturated heterocycles. The first kappa shape index (κ1) is 14.0. The number of hydrogen-bond donors (Lipinski definition) is 0. The fraction of sp³-hybridized carbons (Fsp3) is 0.263. The van der Waals surface area contributed by atoms with Gasteiger partial charge in [0.15, 0.2) is 0 Å². The number of rotatable bonds is 1. The second-order valence-electron chi connectivity index (χ2n) is 6.29. The molecule has 3 heterocycles. The Morgan fingerprint density at radius 1 is 1.22 bits per heavy atom. The van der Waals surface area contributed by atoms with Gasteiger partial charge in [-0.05, 0) is 43.5 Å². The van der Waals surface area contributed by atoms with Crippen molar-refractivity contribution in [2.45, 2.75) is 26.3 Å². The third-order valence-electron chi connectivity index (χ3n) is 4.84. The molecule has 3 aromatic rings. The number of anilines is 1. The summed E-state index contributed by atoms with van der Waals surface area (Å²) in [6.07, 6.45) is 4.41. The van der Waals surface area contributed by atoms with E-state index in [-0.39, 0.29) is 11.9 Å². The van der Waals surface area contributed by atoms with Gasteiger partial charge in [-0.2, -0.15) is 0 Å². The number of fused-ring (bicyclic) bond motifs is 3. The molecule has 0 N–H and O–H groups in total. The molecule has 1 aliphatic rings. The molecule has 1 unspecified atom stereocenters. The molecule has 0 spiro atoms. The number of aromatic nitrogens is 2. The van der Waals surface area contributed by atoms with E-state index in [0.717, 1.165) is 28.9 Å². The maximum Gasteiger partial charge on any atom is 0.275 e. The summed E-state index contributed by atoms with van der Waals surface area (Å²) in [4.78, 5) is 19.4. The Kier molecular flexibility index (Phi) is 3.01. The smallest absolute Gasteiger partial charge is 0.275 e. The molecule has 23 heavy (non-hydrogen) atoms. The minimum atomic E-state index is 0.0635. The number of pyridine rings is 1. The van der Waals surface area contributed by atoms with E-state index in [0.29, 0.717) is 0 Å². The Bertz CT molecular complexity index is 926. The van der Waals surface area contributed by atoms with Crippen molar-refractivity contribution < 1.29 is 4.79 Å². The van der Waals surface area contributed by atoms with Crippen LogP contribution in [0.3, 0.4) is 0 Å². The van der Waals surface area contributed by atoms with Gasteiger partial charge in [-0.15, -0.1) is 0 Å². The molecule has 1 amide bonds. The third-order valence-corrected chi connectivity index (χ3v) is 4.84. The van der Waals surface area contributed by atoms with Crippen molar-refractivity contribution in [2.24, 2.45) is 7.05 Å². The van der Waals surface area contributed by atoms with Gasteiger partial charge in [-0.3, -0.25) is 9.78 Å². The molecule has 1 aliphatic heterocycles. The summed E-state index contributed by atoms with van der Waals surface area (Å²) >= 11 is 0. The molecule has 4 nitrogen and oxygen atoms in total. The highest BCUT2D eigenvalue weighted by atomic mass is 16.2. The molecule has 1 aromatic carbocycles. The third kappa shape index (κ3) is 1.91. The standard InChI is InChI=1S/C19H19N3O/c1-12-8-9-20-11-17(12)22-13(2)10-15-14-6-4-5-7-16(14)21(3)18(15)19(22)23/h4-9,11,13H,10H2,1-3H3. The summed E-state index contributed by atoms with van der Waals surface area (Å²) in [5, 5.41) is 1.19. The second kappa shape index (κ2) is 4.95. The van der Waals surface area contributed by atoms with Crippen LogP contribution in [0.15, 0.2) is 42.7 Å². The fourth-order valence-electron chi connectivity index (χ4n) is 3.71. The zero-order chi connectivity index (χ0) is 16.1. The summed E-state index contributed by atoms with van der Waals surface area (Å²) in [6, 6.07) is 10.3. The van der Waals surface area contributed by atoms with Crippen LogP contribution in [0.4, 0.5) is 5.69 Å². The SMILES string of the molecule is Cc1ccncc1N1C(=O)c2c(c3ccccc3n2C)CC1C. The average molecular weight is 305 g/mol. The molecule has 0 aliphatic carbocycles. The number of carbonyl (C=O) groups excluding carboxylic acids is 1. The zero-order valence-electron chi connectivity index (χ0n) is 13.6. The van der Waals surface area contributed by atoms with Gasteiger partial charge in [0.2, 0.25) is 0 Å². The van der Waals surface area contributed by atoms with Crippen molar-refractivity contribution in [3.05, 3.63) is 59.5 Å². The Balaban J connectivity index is 1.94. The van der Waals surface area contributed by atoms with Gasteiger partial charge in [0.25, 0.3) is 5.91 Å². The van der Waals surface area contributed by atoms with Gasteiger partial charge in [-0.1, -0.05) is 18.2 Å². The van der Waals surface area contributed by atoms with Gasteiger partial charge in [-0.25, -0.2) is 0 Å². The number of benzene rings is 1. The molecular weight excluding hydrogens is 286 g/mol. The summed E-state index contributed by atoms with van der Waals surface area (Å²) in [7, 11) is 1.98. The number of carbonyl (C=O) groups is 1. The first-order valence-electron chi connectivity index (χ1n) is 7.90. The summed E-state index contributed by atoms with van der Waals surface area (Å²) in [5.41, 5.74) is 5.05. The monoisotopic (exact) mass is 305 g/mol. The van der Waals surface area contributed by atoms with Crippen LogP contribution in [0, 0.1) is 6.92 Å². The minimum Gasteiger partial charge on any atom is -0.339 e. The summed E-state index contributed by atoms with van der Waals surface area (Å²) in [5.74, 6) is 0.0635. The van der Waals surface area contributed by atoms with Crippen molar-refractivity contribution in [3.63, 3.8) is 0 Å². The predicted octanol–water partition coefficient (Wildman–Crippen LogP) is 3.47. The lowest BCUT2D eigenvalue weighted by atomic mass is 9.96. The first-order valence-corrected chi connectivity index (χ1v) is 7.90. The molecule has 0 radical (unpaired) electrons. The van der Waals surface area contributed by atoms with Crippen molar-refractivity contribution in [2.75, 3.05) is 4.90 Å². The first-order chi connectivity index (χ1) is 11.1. The number of hydrogen-bond acceptors (Lipinski definition) is 2. The van der Waals surface area contributed by atoms with Gasteiger partial charge in [0, 0.05) is 30.2 Å².